The van der Waals surface area contributed by atoms with E-state index in [4.69, 9.17) is 0 Å². The van der Waals surface area contributed by atoms with E-state index in [1.807, 2.05) is 6.07 Å². The van der Waals surface area contributed by atoms with Crippen molar-refractivity contribution in [3.8, 4) is 0 Å². The van der Waals surface area contributed by atoms with Gasteiger partial charge in [-0.05, 0) is 6.07 Å². The van der Waals surface area contributed by atoms with Gasteiger partial charge in [0.1, 0.15) is 6.33 Å². The minimum absolute atomic E-state index is 0.113. The highest BCUT2D eigenvalue weighted by Crippen LogP contribution is 2.16. The highest BCUT2D eigenvalue weighted by Gasteiger charge is 2.14. The molecule has 0 saturated heterocycles. The number of hydrogen-bond acceptors (Lipinski definition) is 3. The molecule has 0 fully saturated rings. The Morgan fingerprint density at radius 3 is 2.63 bits per heavy atom. The van der Waals surface area contributed by atoms with Gasteiger partial charge in [-0.25, -0.2) is 4.98 Å². The molecule has 5 heteroatoms. The van der Waals surface area contributed by atoms with E-state index in [2.05, 4.69) is 4.98 Å². The lowest BCUT2D eigenvalue weighted by molar-refractivity contribution is 0.0960. The van der Waals surface area contributed by atoms with Crippen molar-refractivity contribution in [1.29, 1.82) is 0 Å². The van der Waals surface area contributed by atoms with Gasteiger partial charge in [0.25, 0.3) is 11.5 Å². The highest BCUT2D eigenvalue weighted by atomic mass is 16.2. The topological polar surface area (TPSA) is 56.9 Å². The average Bonchev–Trinajstić information content (AvgIpc) is 2.96. The fourth-order valence-corrected chi connectivity index (χ4v) is 2.11. The molecular weight excluding hydrogens is 242 g/mol. The number of nitrogens with zero attached hydrogens (tertiary/aromatic N) is 3. The number of carbonyl (C=O) groups is 1. The van der Waals surface area contributed by atoms with Crippen LogP contribution in [-0.2, 0) is 7.05 Å². The number of carbonyl (C=O) groups excluding carboxylic acids is 1. The SMILES string of the molecule is Cn1cc(C(=O)n2ccnc2)c2ccccc2c1=O. The maximum atomic E-state index is 12.4. The second-order valence-electron chi connectivity index (χ2n) is 4.28. The molecule has 0 unspecified atom stereocenters. The molecule has 0 aliphatic heterocycles. The van der Waals surface area contributed by atoms with E-state index in [-0.39, 0.29) is 11.5 Å². The number of aryl methyl sites for hydroxylation is 1. The van der Waals surface area contributed by atoms with Crippen LogP contribution in [-0.4, -0.2) is 20.0 Å². The van der Waals surface area contributed by atoms with Crippen LogP contribution in [0.1, 0.15) is 10.4 Å². The monoisotopic (exact) mass is 253 g/mol. The normalized spacial score (nSPS) is 10.8. The molecule has 0 N–H and O–H groups in total. The third-order valence-electron chi connectivity index (χ3n) is 3.06. The van der Waals surface area contributed by atoms with E-state index in [1.165, 1.54) is 15.5 Å². The maximum absolute atomic E-state index is 12.4. The molecule has 0 atom stereocenters. The Bertz CT molecular complexity index is 816. The number of fused-ring (bicyclic) bond motifs is 1. The largest absolute Gasteiger partial charge is 0.317 e. The molecular formula is C14H11N3O2. The predicted molar refractivity (Wildman–Crippen MR) is 71.1 cm³/mol. The van der Waals surface area contributed by atoms with Gasteiger partial charge in [-0.1, -0.05) is 18.2 Å². The first-order valence-corrected chi connectivity index (χ1v) is 5.79. The number of rotatable bonds is 1. The number of benzene rings is 1. The van der Waals surface area contributed by atoms with E-state index in [1.54, 1.807) is 43.8 Å². The van der Waals surface area contributed by atoms with Crippen LogP contribution in [0.25, 0.3) is 10.8 Å². The van der Waals surface area contributed by atoms with Gasteiger partial charge in [0, 0.05) is 36.4 Å². The highest BCUT2D eigenvalue weighted by molar-refractivity contribution is 6.07. The Hall–Kier alpha value is -2.69. The van der Waals surface area contributed by atoms with Crippen molar-refractivity contribution in [2.75, 3.05) is 0 Å². The van der Waals surface area contributed by atoms with E-state index < -0.39 is 0 Å². The summed E-state index contributed by atoms with van der Waals surface area (Å²) < 4.78 is 2.82. The number of imidazole rings is 1. The third kappa shape index (κ3) is 1.76. The summed E-state index contributed by atoms with van der Waals surface area (Å²) in [5, 5.41) is 1.19. The Balaban J connectivity index is 2.33. The smallest absolute Gasteiger partial charge is 0.265 e. The number of pyridine rings is 1. The first kappa shape index (κ1) is 11.4. The Morgan fingerprint density at radius 2 is 1.95 bits per heavy atom. The van der Waals surface area contributed by atoms with Crippen LogP contribution in [0.15, 0.2) is 54.0 Å². The molecule has 0 radical (unpaired) electrons. The lowest BCUT2D eigenvalue weighted by Crippen LogP contribution is -2.20. The van der Waals surface area contributed by atoms with Crippen LogP contribution in [0.2, 0.25) is 0 Å². The van der Waals surface area contributed by atoms with Crippen molar-refractivity contribution >= 4 is 16.7 Å². The van der Waals surface area contributed by atoms with Gasteiger partial charge in [-0.15, -0.1) is 0 Å². The summed E-state index contributed by atoms with van der Waals surface area (Å²) in [6, 6.07) is 7.10. The molecule has 0 aliphatic rings. The van der Waals surface area contributed by atoms with Crippen LogP contribution < -0.4 is 5.56 Å². The van der Waals surface area contributed by atoms with E-state index >= 15 is 0 Å². The van der Waals surface area contributed by atoms with Crippen molar-refractivity contribution in [3.63, 3.8) is 0 Å². The summed E-state index contributed by atoms with van der Waals surface area (Å²) in [5.74, 6) is -0.204. The maximum Gasteiger partial charge on any atom is 0.265 e. The molecule has 19 heavy (non-hydrogen) atoms. The van der Waals surface area contributed by atoms with Gasteiger partial charge >= 0.3 is 0 Å². The molecule has 0 amide bonds. The summed E-state index contributed by atoms with van der Waals surface area (Å²) in [6.45, 7) is 0. The van der Waals surface area contributed by atoms with Gasteiger partial charge < -0.3 is 4.57 Å². The summed E-state index contributed by atoms with van der Waals surface area (Å²) in [6.07, 6.45) is 6.14. The van der Waals surface area contributed by atoms with Gasteiger partial charge in [-0.2, -0.15) is 0 Å². The zero-order chi connectivity index (χ0) is 13.4. The molecule has 0 saturated carbocycles. The quantitative estimate of drug-likeness (QED) is 0.659. The molecule has 0 spiro atoms. The minimum Gasteiger partial charge on any atom is -0.317 e. The molecule has 94 valence electrons. The lowest BCUT2D eigenvalue weighted by Gasteiger charge is -2.08. The van der Waals surface area contributed by atoms with Crippen molar-refractivity contribution in [3.05, 3.63) is 65.1 Å². The van der Waals surface area contributed by atoms with Gasteiger partial charge in [0.2, 0.25) is 0 Å². The predicted octanol–water partition coefficient (Wildman–Crippen LogP) is 1.42. The van der Waals surface area contributed by atoms with Crippen LogP contribution in [0.5, 0.6) is 0 Å². The molecule has 3 rings (SSSR count). The van der Waals surface area contributed by atoms with Gasteiger partial charge in [0.15, 0.2) is 0 Å². The average molecular weight is 253 g/mol. The molecule has 5 nitrogen and oxygen atoms in total. The summed E-state index contributed by atoms with van der Waals surface area (Å²) >= 11 is 0. The van der Waals surface area contributed by atoms with Crippen LogP contribution in [0, 0.1) is 0 Å². The second kappa shape index (κ2) is 4.20. The Morgan fingerprint density at radius 1 is 1.21 bits per heavy atom. The molecule has 2 heterocycles. The van der Waals surface area contributed by atoms with Crippen molar-refractivity contribution < 1.29 is 4.79 Å². The molecule has 0 aliphatic carbocycles. The first-order chi connectivity index (χ1) is 9.18. The van der Waals surface area contributed by atoms with Crippen molar-refractivity contribution in [2.24, 2.45) is 7.05 Å². The lowest BCUT2D eigenvalue weighted by atomic mass is 10.1. The molecule has 3 aromatic rings. The van der Waals surface area contributed by atoms with E-state index in [9.17, 15) is 9.59 Å². The van der Waals surface area contributed by atoms with E-state index in [0.29, 0.717) is 16.3 Å². The van der Waals surface area contributed by atoms with Gasteiger partial charge in [0.05, 0.1) is 5.56 Å². The minimum atomic E-state index is -0.204. The Kier molecular flexibility index (Phi) is 2.52. The Labute approximate surface area is 108 Å². The first-order valence-electron chi connectivity index (χ1n) is 5.79. The standard InChI is InChI=1S/C14H11N3O2/c1-16-8-12(14(19)17-7-6-15-9-17)10-4-2-3-5-11(10)13(16)18/h2-9H,1H3. The van der Waals surface area contributed by atoms with Crippen LogP contribution in [0.3, 0.4) is 0 Å². The summed E-state index contributed by atoms with van der Waals surface area (Å²) in [4.78, 5) is 28.3. The second-order valence-corrected chi connectivity index (χ2v) is 4.28. The third-order valence-corrected chi connectivity index (χ3v) is 3.06. The van der Waals surface area contributed by atoms with Crippen LogP contribution >= 0.6 is 0 Å². The number of hydrogen-bond donors (Lipinski definition) is 0. The zero-order valence-electron chi connectivity index (χ0n) is 10.3. The summed E-state index contributed by atoms with van der Waals surface area (Å²) in [5.41, 5.74) is 0.369. The molecule has 1 aromatic carbocycles. The zero-order valence-corrected chi connectivity index (χ0v) is 10.3. The van der Waals surface area contributed by atoms with Crippen molar-refractivity contribution in [2.45, 2.75) is 0 Å². The van der Waals surface area contributed by atoms with Gasteiger partial charge in [-0.3, -0.25) is 14.2 Å². The summed E-state index contributed by atoms with van der Waals surface area (Å²) in [7, 11) is 1.64. The van der Waals surface area contributed by atoms with Crippen LogP contribution in [0.4, 0.5) is 0 Å². The van der Waals surface area contributed by atoms with E-state index in [0.717, 1.165) is 0 Å². The molecule has 2 aromatic heterocycles. The molecule has 0 bridgehead atoms. The number of aromatic nitrogens is 3. The van der Waals surface area contributed by atoms with Crippen molar-refractivity contribution in [1.82, 2.24) is 14.1 Å². The fourth-order valence-electron chi connectivity index (χ4n) is 2.11. The fraction of sp³-hybridized carbons (Fsp3) is 0.0714.